The van der Waals surface area contributed by atoms with Crippen LogP contribution in [0.2, 0.25) is 0 Å². The van der Waals surface area contributed by atoms with Gasteiger partial charge in [0.1, 0.15) is 5.82 Å². The first-order valence-electron chi connectivity index (χ1n) is 11.6. The van der Waals surface area contributed by atoms with Gasteiger partial charge in [0.15, 0.2) is 11.5 Å². The first-order valence-corrected chi connectivity index (χ1v) is 11.6. The van der Waals surface area contributed by atoms with E-state index < -0.39 is 5.54 Å². The Hall–Kier alpha value is -4.20. The number of benzene rings is 3. The maximum atomic E-state index is 13.7. The second-order valence-electron chi connectivity index (χ2n) is 8.36. The maximum absolute atomic E-state index is 13.7. The molecule has 8 heteroatoms. The first kappa shape index (κ1) is 23.9. The minimum absolute atomic E-state index is 0.0588. The SMILES string of the molecule is N=C1NC(c2ccccc2)(c2ccccc2)C(=O)N1CCCCNC(=O)NCc1cccc(F)c1. The molecular weight excluding hydrogens is 445 g/mol. The predicted molar refractivity (Wildman–Crippen MR) is 132 cm³/mol. The van der Waals surface area contributed by atoms with E-state index in [9.17, 15) is 14.0 Å². The third kappa shape index (κ3) is 5.32. The summed E-state index contributed by atoms with van der Waals surface area (Å²) in [4.78, 5) is 27.1. The Morgan fingerprint density at radius 3 is 2.20 bits per heavy atom. The highest BCUT2D eigenvalue weighted by atomic mass is 19.1. The van der Waals surface area contributed by atoms with Crippen molar-refractivity contribution >= 4 is 17.9 Å². The Labute approximate surface area is 203 Å². The van der Waals surface area contributed by atoms with Crippen LogP contribution in [0.15, 0.2) is 84.9 Å². The molecule has 1 aliphatic heterocycles. The zero-order valence-electron chi connectivity index (χ0n) is 19.3. The molecule has 3 amide bonds. The van der Waals surface area contributed by atoms with Crippen LogP contribution in [0.4, 0.5) is 9.18 Å². The third-order valence-electron chi connectivity index (χ3n) is 5.99. The number of amides is 3. The van der Waals surface area contributed by atoms with Crippen molar-refractivity contribution < 1.29 is 14.0 Å². The van der Waals surface area contributed by atoms with Gasteiger partial charge in [0, 0.05) is 19.6 Å². The fourth-order valence-corrected chi connectivity index (χ4v) is 4.24. The number of hydrogen-bond donors (Lipinski definition) is 4. The van der Waals surface area contributed by atoms with Crippen molar-refractivity contribution in [2.45, 2.75) is 24.9 Å². The van der Waals surface area contributed by atoms with Gasteiger partial charge in [-0.2, -0.15) is 0 Å². The summed E-state index contributed by atoms with van der Waals surface area (Å²) in [5, 5.41) is 17.1. The van der Waals surface area contributed by atoms with E-state index in [0.717, 1.165) is 11.1 Å². The molecule has 0 spiro atoms. The molecule has 35 heavy (non-hydrogen) atoms. The molecular formula is C27H28FN5O2. The Bertz CT molecular complexity index is 1150. The number of carbonyl (C=O) groups is 2. The van der Waals surface area contributed by atoms with Gasteiger partial charge < -0.3 is 16.0 Å². The molecule has 1 fully saturated rings. The number of urea groups is 1. The lowest BCUT2D eigenvalue weighted by Crippen LogP contribution is -2.45. The molecule has 3 aromatic carbocycles. The monoisotopic (exact) mass is 473 g/mol. The van der Waals surface area contributed by atoms with Crippen LogP contribution in [-0.4, -0.2) is 35.9 Å². The maximum Gasteiger partial charge on any atom is 0.315 e. The van der Waals surface area contributed by atoms with E-state index in [-0.39, 0.29) is 30.3 Å². The molecule has 0 aromatic heterocycles. The minimum atomic E-state index is -1.14. The average molecular weight is 474 g/mol. The Kier molecular flexibility index (Phi) is 7.40. The molecule has 1 aliphatic rings. The van der Waals surface area contributed by atoms with Gasteiger partial charge in [-0.1, -0.05) is 72.8 Å². The zero-order chi connectivity index (χ0) is 24.7. The van der Waals surface area contributed by atoms with E-state index >= 15 is 0 Å². The number of hydrogen-bond acceptors (Lipinski definition) is 3. The molecule has 0 bridgehead atoms. The fraction of sp³-hybridized carbons (Fsp3) is 0.222. The predicted octanol–water partition coefficient (Wildman–Crippen LogP) is 3.72. The van der Waals surface area contributed by atoms with E-state index in [2.05, 4.69) is 16.0 Å². The van der Waals surface area contributed by atoms with Crippen molar-refractivity contribution in [2.75, 3.05) is 13.1 Å². The molecule has 180 valence electrons. The minimum Gasteiger partial charge on any atom is -0.338 e. The van der Waals surface area contributed by atoms with Crippen molar-refractivity contribution in [3.05, 3.63) is 107 Å². The number of halogens is 1. The third-order valence-corrected chi connectivity index (χ3v) is 5.99. The van der Waals surface area contributed by atoms with Crippen molar-refractivity contribution in [3.8, 4) is 0 Å². The summed E-state index contributed by atoms with van der Waals surface area (Å²) >= 11 is 0. The van der Waals surface area contributed by atoms with Crippen LogP contribution in [0.25, 0.3) is 0 Å². The molecule has 1 heterocycles. The highest BCUT2D eigenvalue weighted by molar-refractivity contribution is 6.10. The average Bonchev–Trinajstić information content (AvgIpc) is 3.14. The summed E-state index contributed by atoms with van der Waals surface area (Å²) in [6, 6.07) is 24.6. The van der Waals surface area contributed by atoms with Crippen LogP contribution >= 0.6 is 0 Å². The van der Waals surface area contributed by atoms with Gasteiger partial charge in [-0.3, -0.25) is 15.1 Å². The van der Waals surface area contributed by atoms with Gasteiger partial charge in [-0.15, -0.1) is 0 Å². The van der Waals surface area contributed by atoms with Crippen molar-refractivity contribution in [3.63, 3.8) is 0 Å². The molecule has 0 atom stereocenters. The summed E-state index contributed by atoms with van der Waals surface area (Å²) in [7, 11) is 0. The first-order chi connectivity index (χ1) is 17.0. The van der Waals surface area contributed by atoms with Gasteiger partial charge in [-0.05, 0) is 41.7 Å². The highest BCUT2D eigenvalue weighted by Gasteiger charge is 2.51. The Morgan fingerprint density at radius 2 is 1.57 bits per heavy atom. The zero-order valence-corrected chi connectivity index (χ0v) is 19.3. The van der Waals surface area contributed by atoms with Gasteiger partial charge in [-0.25, -0.2) is 9.18 Å². The topological polar surface area (TPSA) is 97.3 Å². The van der Waals surface area contributed by atoms with Crippen LogP contribution < -0.4 is 16.0 Å². The van der Waals surface area contributed by atoms with Gasteiger partial charge in [0.2, 0.25) is 0 Å². The summed E-state index contributed by atoms with van der Waals surface area (Å²) in [6.07, 6.45) is 1.24. The number of nitrogens with one attached hydrogen (secondary N) is 4. The van der Waals surface area contributed by atoms with Gasteiger partial charge in [0.25, 0.3) is 5.91 Å². The standard InChI is InChI=1S/C27H28FN5O2/c28-23-15-9-10-20(18-23)19-31-26(35)30-16-7-8-17-33-24(34)27(32-25(33)29,21-11-3-1-4-12-21)22-13-5-2-6-14-22/h1-6,9-15,18H,7-8,16-17,19H2,(H2,29,32)(H2,30,31,35). The van der Waals surface area contributed by atoms with E-state index in [1.54, 1.807) is 12.1 Å². The van der Waals surface area contributed by atoms with Crippen molar-refractivity contribution in [1.82, 2.24) is 20.9 Å². The van der Waals surface area contributed by atoms with Crippen LogP contribution in [0, 0.1) is 11.2 Å². The summed E-state index contributed by atoms with van der Waals surface area (Å²) < 4.78 is 13.2. The smallest absolute Gasteiger partial charge is 0.315 e. The number of unbranched alkanes of at least 4 members (excludes halogenated alkanes) is 1. The van der Waals surface area contributed by atoms with Crippen LogP contribution in [0.5, 0.6) is 0 Å². The van der Waals surface area contributed by atoms with Gasteiger partial charge >= 0.3 is 6.03 Å². The molecule has 0 saturated carbocycles. The van der Waals surface area contributed by atoms with E-state index in [4.69, 9.17) is 5.41 Å². The normalized spacial score (nSPS) is 14.5. The molecule has 1 saturated heterocycles. The molecule has 0 unspecified atom stereocenters. The summed E-state index contributed by atoms with van der Waals surface area (Å²) in [6.45, 7) is 1.01. The number of rotatable bonds is 9. The summed E-state index contributed by atoms with van der Waals surface area (Å²) in [5.41, 5.74) is 1.09. The Morgan fingerprint density at radius 1 is 0.914 bits per heavy atom. The van der Waals surface area contributed by atoms with Crippen LogP contribution in [-0.2, 0) is 16.9 Å². The largest absolute Gasteiger partial charge is 0.338 e. The number of carbonyl (C=O) groups excluding carboxylic acids is 2. The number of nitrogens with zero attached hydrogens (tertiary/aromatic N) is 1. The lowest BCUT2D eigenvalue weighted by atomic mass is 9.82. The molecule has 3 aromatic rings. The van der Waals surface area contributed by atoms with Crippen molar-refractivity contribution in [2.24, 2.45) is 0 Å². The van der Waals surface area contributed by atoms with Crippen LogP contribution in [0.1, 0.15) is 29.5 Å². The highest BCUT2D eigenvalue weighted by Crippen LogP contribution is 2.35. The number of guanidine groups is 1. The molecule has 0 aliphatic carbocycles. The van der Waals surface area contributed by atoms with E-state index in [1.807, 2.05) is 60.7 Å². The molecule has 7 nitrogen and oxygen atoms in total. The lowest BCUT2D eigenvalue weighted by Gasteiger charge is -2.28. The lowest BCUT2D eigenvalue weighted by molar-refractivity contribution is -0.130. The summed E-state index contributed by atoms with van der Waals surface area (Å²) in [5.74, 6) is -0.478. The fourth-order valence-electron chi connectivity index (χ4n) is 4.24. The second-order valence-corrected chi connectivity index (χ2v) is 8.36. The second kappa shape index (κ2) is 10.8. The Balaban J connectivity index is 1.31. The molecule has 4 N–H and O–H groups in total. The molecule has 4 rings (SSSR count). The van der Waals surface area contributed by atoms with Gasteiger partial charge in [0.05, 0.1) is 0 Å². The van der Waals surface area contributed by atoms with Crippen molar-refractivity contribution in [1.29, 1.82) is 5.41 Å². The quantitative estimate of drug-likeness (QED) is 0.357. The molecule has 0 radical (unpaired) electrons. The van der Waals surface area contributed by atoms with E-state index in [1.165, 1.54) is 17.0 Å². The van der Waals surface area contributed by atoms with E-state index in [0.29, 0.717) is 31.5 Å². The van der Waals surface area contributed by atoms with Crippen LogP contribution in [0.3, 0.4) is 0 Å².